The first-order valence-corrected chi connectivity index (χ1v) is 7.01. The van der Waals surface area contributed by atoms with Gasteiger partial charge in [0.15, 0.2) is 5.76 Å². The Balaban J connectivity index is 1.78. The van der Waals surface area contributed by atoms with Gasteiger partial charge >= 0.3 is 0 Å². The summed E-state index contributed by atoms with van der Waals surface area (Å²) in [5.41, 5.74) is 1.77. The van der Waals surface area contributed by atoms with Crippen LogP contribution in [0.25, 0.3) is 11.5 Å². The monoisotopic (exact) mass is 299 g/mol. The molecule has 106 valence electrons. The smallest absolute Gasteiger partial charge is 0.226 e. The molecule has 1 aromatic heterocycles. The van der Waals surface area contributed by atoms with Crippen LogP contribution in [0, 0.1) is 6.92 Å². The molecule has 0 aliphatic carbocycles. The van der Waals surface area contributed by atoms with Crippen LogP contribution in [0.4, 0.5) is 0 Å². The van der Waals surface area contributed by atoms with Gasteiger partial charge in [0.05, 0.1) is 10.7 Å². The first-order chi connectivity index (χ1) is 10.2. The number of hydrogen-bond acceptors (Lipinski definition) is 3. The van der Waals surface area contributed by atoms with E-state index in [0.29, 0.717) is 29.0 Å². The molecule has 0 unspecified atom stereocenters. The Kier molecular flexibility index (Phi) is 3.93. The second kappa shape index (κ2) is 6.02. The van der Waals surface area contributed by atoms with E-state index in [2.05, 4.69) is 4.98 Å². The minimum absolute atomic E-state index is 0.301. The minimum atomic E-state index is 0.301. The summed E-state index contributed by atoms with van der Waals surface area (Å²) in [5.74, 6) is 1.94. The van der Waals surface area contributed by atoms with Crippen molar-refractivity contribution in [1.82, 2.24) is 4.98 Å². The van der Waals surface area contributed by atoms with E-state index in [1.165, 1.54) is 0 Å². The fraction of sp³-hybridized carbons (Fsp3) is 0.118. The number of ether oxygens (including phenoxy) is 1. The molecule has 21 heavy (non-hydrogen) atoms. The molecule has 0 N–H and O–H groups in total. The van der Waals surface area contributed by atoms with E-state index in [1.54, 1.807) is 6.07 Å². The van der Waals surface area contributed by atoms with Gasteiger partial charge in [0.25, 0.3) is 0 Å². The zero-order valence-electron chi connectivity index (χ0n) is 11.5. The zero-order valence-corrected chi connectivity index (χ0v) is 12.3. The van der Waals surface area contributed by atoms with E-state index in [-0.39, 0.29) is 0 Å². The van der Waals surface area contributed by atoms with E-state index in [1.807, 2.05) is 55.5 Å². The van der Waals surface area contributed by atoms with Crippen LogP contribution in [-0.2, 0) is 6.61 Å². The van der Waals surface area contributed by atoms with Crippen molar-refractivity contribution in [2.24, 2.45) is 0 Å². The van der Waals surface area contributed by atoms with Gasteiger partial charge in [-0.05, 0) is 31.2 Å². The molecule has 3 aromatic rings. The summed E-state index contributed by atoms with van der Waals surface area (Å²) < 4.78 is 11.5. The summed E-state index contributed by atoms with van der Waals surface area (Å²) in [6, 6.07) is 17.1. The van der Waals surface area contributed by atoms with Gasteiger partial charge in [0.1, 0.15) is 12.4 Å². The van der Waals surface area contributed by atoms with Crippen molar-refractivity contribution in [3.05, 3.63) is 71.1 Å². The third-order valence-electron chi connectivity index (χ3n) is 3.11. The first kappa shape index (κ1) is 13.7. The molecule has 4 heteroatoms. The lowest BCUT2D eigenvalue weighted by Gasteiger charge is -2.05. The molecular formula is C17H14ClNO2. The molecule has 0 radical (unpaired) electrons. The number of para-hydroxylation sites is 1. The number of benzene rings is 2. The Morgan fingerprint density at radius 3 is 2.52 bits per heavy atom. The fourth-order valence-electron chi connectivity index (χ4n) is 1.97. The lowest BCUT2D eigenvalue weighted by molar-refractivity contribution is 0.271. The molecule has 2 aromatic carbocycles. The van der Waals surface area contributed by atoms with Crippen molar-refractivity contribution in [3.8, 4) is 17.2 Å². The molecule has 0 aliphatic rings. The highest BCUT2D eigenvalue weighted by molar-refractivity contribution is 6.32. The molecule has 0 fully saturated rings. The van der Waals surface area contributed by atoms with E-state index >= 15 is 0 Å². The normalized spacial score (nSPS) is 10.6. The van der Waals surface area contributed by atoms with Gasteiger partial charge in [-0.25, -0.2) is 4.98 Å². The van der Waals surface area contributed by atoms with Crippen LogP contribution in [0.5, 0.6) is 5.75 Å². The van der Waals surface area contributed by atoms with Gasteiger partial charge in [0, 0.05) is 5.56 Å². The summed E-state index contributed by atoms with van der Waals surface area (Å²) in [4.78, 5) is 4.44. The average molecular weight is 300 g/mol. The number of rotatable bonds is 4. The molecule has 1 heterocycles. The fourth-order valence-corrected chi connectivity index (χ4v) is 2.16. The second-order valence-corrected chi connectivity index (χ2v) is 5.02. The Hall–Kier alpha value is -2.26. The third kappa shape index (κ3) is 3.09. The highest BCUT2D eigenvalue weighted by Crippen LogP contribution is 2.26. The second-order valence-electron chi connectivity index (χ2n) is 4.61. The molecule has 0 amide bonds. The van der Waals surface area contributed by atoms with E-state index < -0.39 is 0 Å². The summed E-state index contributed by atoms with van der Waals surface area (Å²) in [5, 5.41) is 0.581. The number of hydrogen-bond donors (Lipinski definition) is 0. The predicted octanol–water partition coefficient (Wildman–Crippen LogP) is 4.88. The van der Waals surface area contributed by atoms with Crippen molar-refractivity contribution in [2.75, 3.05) is 0 Å². The van der Waals surface area contributed by atoms with Crippen LogP contribution in [0.1, 0.15) is 11.5 Å². The molecule has 3 nitrogen and oxygen atoms in total. The minimum Gasteiger partial charge on any atom is -0.484 e. The molecule has 3 rings (SSSR count). The van der Waals surface area contributed by atoms with Gasteiger partial charge in [-0.15, -0.1) is 0 Å². The third-order valence-corrected chi connectivity index (χ3v) is 3.42. The lowest BCUT2D eigenvalue weighted by Crippen LogP contribution is -1.96. The summed E-state index contributed by atoms with van der Waals surface area (Å²) in [7, 11) is 0. The summed E-state index contributed by atoms with van der Waals surface area (Å²) in [6.45, 7) is 2.20. The van der Waals surface area contributed by atoms with Crippen molar-refractivity contribution in [3.63, 3.8) is 0 Å². The van der Waals surface area contributed by atoms with Gasteiger partial charge in [-0.1, -0.05) is 41.9 Å². The molecule has 0 saturated heterocycles. The van der Waals surface area contributed by atoms with Crippen molar-refractivity contribution in [2.45, 2.75) is 13.5 Å². The summed E-state index contributed by atoms with van der Waals surface area (Å²) >= 11 is 6.06. The topological polar surface area (TPSA) is 35.3 Å². The standard InChI is InChI=1S/C17H14ClNO2/c1-12-16(11-20-15-10-6-5-9-14(15)18)21-17(19-12)13-7-3-2-4-8-13/h2-10H,11H2,1H3. The first-order valence-electron chi connectivity index (χ1n) is 6.63. The van der Waals surface area contributed by atoms with Gasteiger partial charge in [-0.3, -0.25) is 0 Å². The molecule has 0 aliphatic heterocycles. The largest absolute Gasteiger partial charge is 0.484 e. The average Bonchev–Trinajstić information content (AvgIpc) is 2.89. The number of halogens is 1. The number of aryl methyl sites for hydroxylation is 1. The maximum atomic E-state index is 6.06. The van der Waals surface area contributed by atoms with Crippen LogP contribution < -0.4 is 4.74 Å². The van der Waals surface area contributed by atoms with Crippen LogP contribution >= 0.6 is 11.6 Å². The molecule has 0 bridgehead atoms. The van der Waals surface area contributed by atoms with E-state index in [0.717, 1.165) is 11.3 Å². The molecule has 0 spiro atoms. The van der Waals surface area contributed by atoms with Crippen molar-refractivity contribution in [1.29, 1.82) is 0 Å². The molecular weight excluding hydrogens is 286 g/mol. The van der Waals surface area contributed by atoms with Crippen molar-refractivity contribution < 1.29 is 9.15 Å². The maximum absolute atomic E-state index is 6.06. The van der Waals surface area contributed by atoms with Crippen molar-refractivity contribution >= 4 is 11.6 Å². The quantitative estimate of drug-likeness (QED) is 0.688. The zero-order chi connectivity index (χ0) is 14.7. The number of nitrogens with zero attached hydrogens (tertiary/aromatic N) is 1. The predicted molar refractivity (Wildman–Crippen MR) is 82.5 cm³/mol. The van der Waals surface area contributed by atoms with Gasteiger partial charge < -0.3 is 9.15 Å². The van der Waals surface area contributed by atoms with Crippen LogP contribution in [0.2, 0.25) is 5.02 Å². The lowest BCUT2D eigenvalue weighted by atomic mass is 10.2. The number of aromatic nitrogens is 1. The van der Waals surface area contributed by atoms with Crippen LogP contribution in [0.3, 0.4) is 0 Å². The van der Waals surface area contributed by atoms with Gasteiger partial charge in [0.2, 0.25) is 5.89 Å². The maximum Gasteiger partial charge on any atom is 0.226 e. The highest BCUT2D eigenvalue weighted by Gasteiger charge is 2.12. The van der Waals surface area contributed by atoms with E-state index in [9.17, 15) is 0 Å². The summed E-state index contributed by atoms with van der Waals surface area (Å²) in [6.07, 6.45) is 0. The Labute approximate surface area is 128 Å². The SMILES string of the molecule is Cc1nc(-c2ccccc2)oc1COc1ccccc1Cl. The van der Waals surface area contributed by atoms with Crippen LogP contribution in [-0.4, -0.2) is 4.98 Å². The molecule has 0 atom stereocenters. The van der Waals surface area contributed by atoms with E-state index in [4.69, 9.17) is 20.8 Å². The highest BCUT2D eigenvalue weighted by atomic mass is 35.5. The number of oxazole rings is 1. The Bertz CT molecular complexity index is 738. The Morgan fingerprint density at radius 1 is 1.05 bits per heavy atom. The molecule has 0 saturated carbocycles. The van der Waals surface area contributed by atoms with Gasteiger partial charge in [-0.2, -0.15) is 0 Å². The van der Waals surface area contributed by atoms with Crippen LogP contribution in [0.15, 0.2) is 59.0 Å². The Morgan fingerprint density at radius 2 is 1.76 bits per heavy atom.